The van der Waals surface area contributed by atoms with Crippen LogP contribution in [0.4, 0.5) is 4.39 Å². The van der Waals surface area contributed by atoms with Crippen molar-refractivity contribution in [2.24, 2.45) is 0 Å². The van der Waals surface area contributed by atoms with Crippen molar-refractivity contribution < 1.29 is 18.7 Å². The van der Waals surface area contributed by atoms with Crippen LogP contribution in [-0.2, 0) is 11.2 Å². The molecule has 0 saturated heterocycles. The summed E-state index contributed by atoms with van der Waals surface area (Å²) in [6.45, 7) is 2.23. The van der Waals surface area contributed by atoms with Crippen molar-refractivity contribution >= 4 is 5.91 Å². The fourth-order valence-electron chi connectivity index (χ4n) is 2.05. The summed E-state index contributed by atoms with van der Waals surface area (Å²) in [6.07, 6.45) is 0.215. The Balaban J connectivity index is 1.75. The lowest BCUT2D eigenvalue weighted by molar-refractivity contribution is -0.121. The third-order valence-corrected chi connectivity index (χ3v) is 3.24. The van der Waals surface area contributed by atoms with Gasteiger partial charge in [0, 0.05) is 0 Å². The van der Waals surface area contributed by atoms with E-state index in [0.29, 0.717) is 12.4 Å². The number of hydrogen-bond acceptors (Lipinski definition) is 3. The molecule has 0 aliphatic heterocycles. The highest BCUT2D eigenvalue weighted by molar-refractivity contribution is 5.78. The number of carbonyl (C=O) groups excluding carboxylic acids is 1. The molecule has 0 fully saturated rings. The molecule has 1 unspecified atom stereocenters. The van der Waals surface area contributed by atoms with Gasteiger partial charge < -0.3 is 14.8 Å². The van der Waals surface area contributed by atoms with Crippen molar-refractivity contribution in [3.05, 3.63) is 59.9 Å². The molecule has 0 spiro atoms. The smallest absolute Gasteiger partial charge is 0.224 e. The number of methoxy groups -OCH3 is 1. The highest BCUT2D eigenvalue weighted by Gasteiger charge is 2.09. The van der Waals surface area contributed by atoms with Gasteiger partial charge in [0.15, 0.2) is 0 Å². The van der Waals surface area contributed by atoms with Crippen molar-refractivity contribution in [1.82, 2.24) is 5.32 Å². The molecule has 1 atom stereocenters. The van der Waals surface area contributed by atoms with Crippen molar-refractivity contribution in [3.63, 3.8) is 0 Å². The van der Waals surface area contributed by atoms with Crippen LogP contribution in [-0.4, -0.2) is 25.7 Å². The Labute approximate surface area is 135 Å². The van der Waals surface area contributed by atoms with E-state index in [1.165, 1.54) is 12.1 Å². The second-order valence-electron chi connectivity index (χ2n) is 5.26. The lowest BCUT2D eigenvalue weighted by atomic mass is 10.1. The van der Waals surface area contributed by atoms with Crippen molar-refractivity contribution in [2.45, 2.75) is 19.4 Å². The third-order valence-electron chi connectivity index (χ3n) is 3.24. The first-order valence-corrected chi connectivity index (χ1v) is 7.37. The van der Waals surface area contributed by atoms with Gasteiger partial charge in [-0.15, -0.1) is 0 Å². The van der Waals surface area contributed by atoms with Crippen LogP contribution in [0.5, 0.6) is 11.5 Å². The molecule has 0 saturated carbocycles. The Hall–Kier alpha value is -2.56. The molecule has 0 aliphatic carbocycles. The number of benzene rings is 2. The average molecular weight is 317 g/mol. The zero-order valence-electron chi connectivity index (χ0n) is 13.2. The summed E-state index contributed by atoms with van der Waals surface area (Å²) in [6, 6.07) is 13.0. The number of rotatable bonds is 7. The number of halogens is 1. The van der Waals surface area contributed by atoms with Gasteiger partial charge in [-0.1, -0.05) is 12.1 Å². The van der Waals surface area contributed by atoms with E-state index in [2.05, 4.69) is 5.32 Å². The first-order valence-electron chi connectivity index (χ1n) is 7.37. The van der Waals surface area contributed by atoms with Gasteiger partial charge in [0.05, 0.1) is 19.6 Å². The number of nitrogens with one attached hydrogen (secondary N) is 1. The van der Waals surface area contributed by atoms with Gasteiger partial charge in [-0.2, -0.15) is 0 Å². The van der Waals surface area contributed by atoms with E-state index in [-0.39, 0.29) is 24.2 Å². The van der Waals surface area contributed by atoms with Crippen LogP contribution in [0, 0.1) is 5.82 Å². The quantitative estimate of drug-likeness (QED) is 0.854. The summed E-state index contributed by atoms with van der Waals surface area (Å²) < 4.78 is 23.5. The number of ether oxygens (including phenoxy) is 2. The van der Waals surface area contributed by atoms with E-state index in [0.717, 1.165) is 11.3 Å². The van der Waals surface area contributed by atoms with Gasteiger partial charge in [-0.3, -0.25) is 4.79 Å². The molecular formula is C18H20FNO3. The number of carbonyl (C=O) groups is 1. The molecule has 0 bridgehead atoms. The molecular weight excluding hydrogens is 297 g/mol. The largest absolute Gasteiger partial charge is 0.497 e. The summed E-state index contributed by atoms with van der Waals surface area (Å²) >= 11 is 0. The van der Waals surface area contributed by atoms with E-state index < -0.39 is 0 Å². The standard InChI is InChI=1S/C18H20FNO3/c1-13(12-23-17-9-7-16(22-2)8-10-17)20-18(21)11-14-3-5-15(19)6-4-14/h3-10,13H,11-12H2,1-2H3,(H,20,21). The fraction of sp³-hybridized carbons (Fsp3) is 0.278. The molecule has 1 N–H and O–H groups in total. The van der Waals surface area contributed by atoms with Gasteiger partial charge in [-0.25, -0.2) is 4.39 Å². The third kappa shape index (κ3) is 5.62. The van der Waals surface area contributed by atoms with E-state index in [4.69, 9.17) is 9.47 Å². The molecule has 2 rings (SSSR count). The lowest BCUT2D eigenvalue weighted by Crippen LogP contribution is -2.37. The normalized spacial score (nSPS) is 11.6. The highest BCUT2D eigenvalue weighted by atomic mass is 19.1. The van der Waals surface area contributed by atoms with Crippen molar-refractivity contribution in [3.8, 4) is 11.5 Å². The maximum Gasteiger partial charge on any atom is 0.224 e. The molecule has 0 radical (unpaired) electrons. The van der Waals surface area contributed by atoms with Gasteiger partial charge in [-0.05, 0) is 48.9 Å². The van der Waals surface area contributed by atoms with Gasteiger partial charge in [0.25, 0.3) is 0 Å². The van der Waals surface area contributed by atoms with Crippen molar-refractivity contribution in [2.75, 3.05) is 13.7 Å². The molecule has 122 valence electrons. The molecule has 4 nitrogen and oxygen atoms in total. The molecule has 23 heavy (non-hydrogen) atoms. The van der Waals surface area contributed by atoms with Gasteiger partial charge in [0.1, 0.15) is 23.9 Å². The van der Waals surface area contributed by atoms with Crippen LogP contribution in [0.3, 0.4) is 0 Å². The SMILES string of the molecule is COc1ccc(OCC(C)NC(=O)Cc2ccc(F)cc2)cc1. The highest BCUT2D eigenvalue weighted by Crippen LogP contribution is 2.17. The second kappa shape index (κ2) is 8.17. The summed E-state index contributed by atoms with van der Waals surface area (Å²) in [4.78, 5) is 11.9. The molecule has 1 amide bonds. The molecule has 0 heterocycles. The van der Waals surface area contributed by atoms with Crippen LogP contribution in [0.2, 0.25) is 0 Å². The van der Waals surface area contributed by atoms with E-state index in [1.807, 2.05) is 31.2 Å². The minimum atomic E-state index is -0.310. The minimum Gasteiger partial charge on any atom is -0.497 e. The van der Waals surface area contributed by atoms with Crippen LogP contribution < -0.4 is 14.8 Å². The van der Waals surface area contributed by atoms with E-state index >= 15 is 0 Å². The van der Waals surface area contributed by atoms with Crippen LogP contribution >= 0.6 is 0 Å². The summed E-state index contributed by atoms with van der Waals surface area (Å²) in [5.74, 6) is 1.04. The Morgan fingerprint density at radius 1 is 1.09 bits per heavy atom. The zero-order valence-corrected chi connectivity index (χ0v) is 13.2. The molecule has 2 aromatic rings. The predicted molar refractivity (Wildman–Crippen MR) is 86.2 cm³/mol. The maximum atomic E-state index is 12.8. The van der Waals surface area contributed by atoms with Gasteiger partial charge >= 0.3 is 0 Å². The van der Waals surface area contributed by atoms with Crippen LogP contribution in [0.25, 0.3) is 0 Å². The predicted octanol–water partition coefficient (Wildman–Crippen LogP) is 2.96. The summed E-state index contributed by atoms with van der Waals surface area (Å²) in [5.41, 5.74) is 0.771. The van der Waals surface area contributed by atoms with Crippen LogP contribution in [0.1, 0.15) is 12.5 Å². The topological polar surface area (TPSA) is 47.6 Å². The fourth-order valence-corrected chi connectivity index (χ4v) is 2.05. The van der Waals surface area contributed by atoms with E-state index in [1.54, 1.807) is 19.2 Å². The first kappa shape index (κ1) is 16.8. The van der Waals surface area contributed by atoms with Gasteiger partial charge in [0.2, 0.25) is 5.91 Å². The lowest BCUT2D eigenvalue weighted by Gasteiger charge is -2.15. The Bertz CT molecular complexity index is 626. The minimum absolute atomic E-state index is 0.123. The summed E-state index contributed by atoms with van der Waals surface area (Å²) in [5, 5.41) is 2.85. The molecule has 5 heteroatoms. The Morgan fingerprint density at radius 2 is 1.70 bits per heavy atom. The van der Waals surface area contributed by atoms with Crippen LogP contribution in [0.15, 0.2) is 48.5 Å². The molecule has 2 aromatic carbocycles. The maximum absolute atomic E-state index is 12.8. The van der Waals surface area contributed by atoms with Crippen molar-refractivity contribution in [1.29, 1.82) is 0 Å². The molecule has 0 aromatic heterocycles. The Kier molecular flexibility index (Phi) is 5.97. The number of hydrogen-bond donors (Lipinski definition) is 1. The number of amides is 1. The molecule has 0 aliphatic rings. The second-order valence-corrected chi connectivity index (χ2v) is 5.26. The first-order chi connectivity index (χ1) is 11.1. The summed E-state index contributed by atoms with van der Waals surface area (Å²) in [7, 11) is 1.61. The average Bonchev–Trinajstić information content (AvgIpc) is 2.55. The monoisotopic (exact) mass is 317 g/mol. The van der Waals surface area contributed by atoms with E-state index in [9.17, 15) is 9.18 Å². The zero-order chi connectivity index (χ0) is 16.7. The Morgan fingerprint density at radius 3 is 2.30 bits per heavy atom.